The molecule has 1 atom stereocenters. The van der Waals surface area contributed by atoms with E-state index in [4.69, 9.17) is 47.6 Å². The Kier molecular flexibility index (Phi) is 6.76. The topological polar surface area (TPSA) is 30.5 Å². The van der Waals surface area contributed by atoms with Crippen LogP contribution in [-0.4, -0.2) is 45.7 Å². The van der Waals surface area contributed by atoms with Gasteiger partial charge in [0.25, 0.3) is 0 Å². The first kappa shape index (κ1) is 20.1. The minimum atomic E-state index is 0.219. The number of thiocarbonyl (C=S) groups is 2. The third kappa shape index (κ3) is 5.45. The van der Waals surface area contributed by atoms with E-state index < -0.39 is 0 Å². The first-order chi connectivity index (χ1) is 12.9. The highest BCUT2D eigenvalue weighted by atomic mass is 35.5. The Morgan fingerprint density at radius 1 is 0.926 bits per heavy atom. The van der Waals surface area contributed by atoms with E-state index >= 15 is 0 Å². The molecule has 142 valence electrons. The van der Waals surface area contributed by atoms with Crippen molar-refractivity contribution in [2.45, 2.75) is 13.0 Å². The van der Waals surface area contributed by atoms with E-state index in [2.05, 4.69) is 27.4 Å². The van der Waals surface area contributed by atoms with E-state index in [1.807, 2.05) is 48.5 Å². The number of nitrogens with zero attached hydrogens (tertiary/aromatic N) is 2. The summed E-state index contributed by atoms with van der Waals surface area (Å²) in [5, 5.41) is 9.26. The maximum atomic E-state index is 6.04. The normalized spacial score (nSPS) is 16.8. The zero-order valence-corrected chi connectivity index (χ0v) is 17.9. The van der Waals surface area contributed by atoms with Gasteiger partial charge in [-0.05, 0) is 67.8 Å². The monoisotopic (exact) mass is 438 g/mol. The van der Waals surface area contributed by atoms with E-state index in [0.717, 1.165) is 31.0 Å². The molecule has 27 heavy (non-hydrogen) atoms. The van der Waals surface area contributed by atoms with Gasteiger partial charge in [-0.1, -0.05) is 35.3 Å². The molecule has 1 aliphatic rings. The van der Waals surface area contributed by atoms with Gasteiger partial charge in [0.15, 0.2) is 10.2 Å². The van der Waals surface area contributed by atoms with Crippen molar-refractivity contribution in [2.24, 2.45) is 0 Å². The number of hydrogen-bond acceptors (Lipinski definition) is 2. The molecule has 1 heterocycles. The van der Waals surface area contributed by atoms with Crippen LogP contribution in [0.3, 0.4) is 0 Å². The molecule has 2 N–H and O–H groups in total. The van der Waals surface area contributed by atoms with Gasteiger partial charge >= 0.3 is 0 Å². The quantitative estimate of drug-likeness (QED) is 0.634. The van der Waals surface area contributed by atoms with Gasteiger partial charge in [0.05, 0.1) is 0 Å². The molecule has 0 radical (unpaired) electrons. The number of anilines is 2. The van der Waals surface area contributed by atoms with Crippen LogP contribution in [0.25, 0.3) is 0 Å². The largest absolute Gasteiger partial charge is 0.345 e. The van der Waals surface area contributed by atoms with E-state index in [1.54, 1.807) is 0 Å². The van der Waals surface area contributed by atoms with Gasteiger partial charge in [0.2, 0.25) is 0 Å². The highest BCUT2D eigenvalue weighted by Crippen LogP contribution is 2.19. The summed E-state index contributed by atoms with van der Waals surface area (Å²) in [6.07, 6.45) is 0. The van der Waals surface area contributed by atoms with Crippen LogP contribution in [0.15, 0.2) is 48.5 Å². The summed E-state index contributed by atoms with van der Waals surface area (Å²) < 4.78 is 0. The van der Waals surface area contributed by atoms with Crippen LogP contribution in [0.5, 0.6) is 0 Å². The molecule has 0 amide bonds. The Balaban J connectivity index is 1.56. The molecule has 8 heteroatoms. The lowest BCUT2D eigenvalue weighted by Crippen LogP contribution is -2.57. The summed E-state index contributed by atoms with van der Waals surface area (Å²) in [5.41, 5.74) is 1.78. The fraction of sp³-hybridized carbons (Fsp3) is 0.263. The van der Waals surface area contributed by atoms with Crippen molar-refractivity contribution >= 4 is 69.2 Å². The van der Waals surface area contributed by atoms with Crippen LogP contribution in [0.4, 0.5) is 11.4 Å². The SMILES string of the molecule is CC1CN(C(=S)Nc2cccc(Cl)c2)CCN1C(=S)Nc1cccc(Cl)c1. The first-order valence-electron chi connectivity index (χ1n) is 8.57. The Morgan fingerprint density at radius 2 is 1.48 bits per heavy atom. The molecule has 2 aromatic rings. The van der Waals surface area contributed by atoms with Crippen molar-refractivity contribution in [2.75, 3.05) is 30.3 Å². The second kappa shape index (κ2) is 9.06. The van der Waals surface area contributed by atoms with Crippen LogP contribution in [0.2, 0.25) is 10.0 Å². The molecule has 1 fully saturated rings. The minimum Gasteiger partial charge on any atom is -0.345 e. The molecule has 4 nitrogen and oxygen atoms in total. The predicted molar refractivity (Wildman–Crippen MR) is 123 cm³/mol. The smallest absolute Gasteiger partial charge is 0.173 e. The van der Waals surface area contributed by atoms with Crippen molar-refractivity contribution in [1.29, 1.82) is 0 Å². The molecule has 1 unspecified atom stereocenters. The molecule has 2 aromatic carbocycles. The van der Waals surface area contributed by atoms with Crippen molar-refractivity contribution in [3.05, 3.63) is 58.6 Å². The molecule has 0 bridgehead atoms. The van der Waals surface area contributed by atoms with Crippen molar-refractivity contribution < 1.29 is 0 Å². The van der Waals surface area contributed by atoms with Crippen LogP contribution < -0.4 is 10.6 Å². The van der Waals surface area contributed by atoms with E-state index in [9.17, 15) is 0 Å². The highest BCUT2D eigenvalue weighted by molar-refractivity contribution is 7.80. The zero-order chi connectivity index (χ0) is 19.4. The predicted octanol–water partition coefficient (Wildman–Crippen LogP) is 5.09. The third-order valence-electron chi connectivity index (χ3n) is 4.33. The lowest BCUT2D eigenvalue weighted by Gasteiger charge is -2.42. The molecule has 3 rings (SSSR count). The van der Waals surface area contributed by atoms with Crippen molar-refractivity contribution in [3.8, 4) is 0 Å². The van der Waals surface area contributed by atoms with Gasteiger partial charge in [-0.3, -0.25) is 0 Å². The maximum Gasteiger partial charge on any atom is 0.173 e. The first-order valence-corrected chi connectivity index (χ1v) is 10.1. The Morgan fingerprint density at radius 3 is 2.00 bits per heavy atom. The summed E-state index contributed by atoms with van der Waals surface area (Å²) in [5.74, 6) is 0. The van der Waals surface area contributed by atoms with Crippen LogP contribution >= 0.6 is 47.6 Å². The standard InChI is InChI=1S/C19H20Cl2N4S2/c1-13-12-24(18(26)22-16-6-2-4-14(20)10-16)8-9-25(13)19(27)23-17-7-3-5-15(21)11-17/h2-7,10-11,13H,8-9,12H2,1H3,(H,22,26)(H,23,27). The molecule has 0 aliphatic carbocycles. The number of rotatable bonds is 2. The molecule has 0 saturated carbocycles. The van der Waals surface area contributed by atoms with Crippen LogP contribution in [0, 0.1) is 0 Å². The number of nitrogens with one attached hydrogen (secondary N) is 2. The molecular formula is C19H20Cl2N4S2. The fourth-order valence-electron chi connectivity index (χ4n) is 2.97. The van der Waals surface area contributed by atoms with Gasteiger partial charge in [0, 0.05) is 47.1 Å². The van der Waals surface area contributed by atoms with Crippen molar-refractivity contribution in [1.82, 2.24) is 9.80 Å². The van der Waals surface area contributed by atoms with E-state index in [1.165, 1.54) is 0 Å². The van der Waals surface area contributed by atoms with Gasteiger partial charge in [-0.2, -0.15) is 0 Å². The number of halogens is 2. The molecule has 1 aliphatic heterocycles. The lowest BCUT2D eigenvalue weighted by molar-refractivity contribution is 0.200. The maximum absolute atomic E-state index is 6.04. The summed E-state index contributed by atoms with van der Waals surface area (Å²) >= 11 is 23.2. The Hall–Kier alpha value is -1.60. The Labute approximate surface area is 180 Å². The highest BCUT2D eigenvalue weighted by Gasteiger charge is 2.27. The number of benzene rings is 2. The number of piperazine rings is 1. The van der Waals surface area contributed by atoms with E-state index in [0.29, 0.717) is 20.3 Å². The average molecular weight is 439 g/mol. The summed E-state index contributed by atoms with van der Waals surface area (Å²) in [6, 6.07) is 15.3. The van der Waals surface area contributed by atoms with Crippen LogP contribution in [0.1, 0.15) is 6.92 Å². The zero-order valence-electron chi connectivity index (χ0n) is 14.8. The van der Waals surface area contributed by atoms with Gasteiger partial charge in [0.1, 0.15) is 0 Å². The van der Waals surface area contributed by atoms with Gasteiger partial charge in [-0.25, -0.2) is 0 Å². The van der Waals surface area contributed by atoms with Gasteiger partial charge < -0.3 is 20.4 Å². The Bertz CT molecular complexity index is 846. The molecule has 0 aromatic heterocycles. The van der Waals surface area contributed by atoms with Gasteiger partial charge in [-0.15, -0.1) is 0 Å². The second-order valence-electron chi connectivity index (χ2n) is 6.37. The number of hydrogen-bond donors (Lipinski definition) is 2. The summed E-state index contributed by atoms with van der Waals surface area (Å²) in [7, 11) is 0. The summed E-state index contributed by atoms with van der Waals surface area (Å²) in [4.78, 5) is 4.33. The summed E-state index contributed by atoms with van der Waals surface area (Å²) in [6.45, 7) is 4.49. The van der Waals surface area contributed by atoms with E-state index in [-0.39, 0.29) is 6.04 Å². The molecular weight excluding hydrogens is 419 g/mol. The average Bonchev–Trinajstić information content (AvgIpc) is 2.61. The second-order valence-corrected chi connectivity index (χ2v) is 8.02. The minimum absolute atomic E-state index is 0.219. The molecule has 1 saturated heterocycles. The third-order valence-corrected chi connectivity index (χ3v) is 5.49. The fourth-order valence-corrected chi connectivity index (χ4v) is 4.03. The van der Waals surface area contributed by atoms with Crippen molar-refractivity contribution in [3.63, 3.8) is 0 Å². The lowest BCUT2D eigenvalue weighted by atomic mass is 10.2. The van der Waals surface area contributed by atoms with Crippen LogP contribution in [-0.2, 0) is 0 Å². The molecule has 0 spiro atoms.